The minimum atomic E-state index is -2.58. The van der Waals surface area contributed by atoms with Crippen LogP contribution in [0.25, 0.3) is 0 Å². The summed E-state index contributed by atoms with van der Waals surface area (Å²) in [5.41, 5.74) is -0.514. The average molecular weight is 207 g/mol. The Balaban J connectivity index is 2.73. The van der Waals surface area contributed by atoms with Crippen molar-refractivity contribution in [3.63, 3.8) is 0 Å². The topological polar surface area (TPSA) is 23.5 Å². The molecular formula is C10H19F2NO. The van der Waals surface area contributed by atoms with E-state index in [1.807, 2.05) is 13.8 Å². The van der Waals surface area contributed by atoms with Gasteiger partial charge in [-0.1, -0.05) is 6.92 Å². The highest BCUT2D eigenvalue weighted by atomic mass is 19.3. The summed E-state index contributed by atoms with van der Waals surface area (Å²) in [5, 5.41) is 9.62. The molecule has 2 unspecified atom stereocenters. The van der Waals surface area contributed by atoms with Crippen molar-refractivity contribution >= 4 is 0 Å². The van der Waals surface area contributed by atoms with Crippen molar-refractivity contribution in [1.82, 2.24) is 4.90 Å². The third-order valence-electron chi connectivity index (χ3n) is 3.51. The first kappa shape index (κ1) is 11.9. The normalized spacial score (nSPS) is 28.7. The molecule has 1 aliphatic rings. The molecule has 0 radical (unpaired) electrons. The Hall–Kier alpha value is -0.220. The lowest BCUT2D eigenvalue weighted by Gasteiger charge is -2.40. The van der Waals surface area contributed by atoms with Crippen LogP contribution in [0.15, 0.2) is 0 Å². The number of hydrogen-bond acceptors (Lipinski definition) is 2. The molecule has 1 aliphatic heterocycles. The second kappa shape index (κ2) is 3.74. The highest BCUT2D eigenvalue weighted by molar-refractivity contribution is 4.96. The van der Waals surface area contributed by atoms with Crippen LogP contribution < -0.4 is 0 Å². The second-order valence-corrected chi connectivity index (χ2v) is 4.41. The van der Waals surface area contributed by atoms with E-state index in [2.05, 4.69) is 0 Å². The van der Waals surface area contributed by atoms with Gasteiger partial charge < -0.3 is 5.11 Å². The van der Waals surface area contributed by atoms with Crippen molar-refractivity contribution in [3.05, 3.63) is 0 Å². The highest BCUT2D eigenvalue weighted by Gasteiger charge is 2.46. The van der Waals surface area contributed by atoms with Gasteiger partial charge in [-0.3, -0.25) is 4.90 Å². The zero-order valence-electron chi connectivity index (χ0n) is 9.06. The van der Waals surface area contributed by atoms with E-state index < -0.39 is 17.6 Å². The van der Waals surface area contributed by atoms with Crippen LogP contribution in [0.5, 0.6) is 0 Å². The first-order valence-electron chi connectivity index (χ1n) is 5.13. The van der Waals surface area contributed by atoms with Gasteiger partial charge in [-0.2, -0.15) is 0 Å². The van der Waals surface area contributed by atoms with Crippen LogP contribution in [0.3, 0.4) is 0 Å². The van der Waals surface area contributed by atoms with Crippen LogP contribution in [0, 0.1) is 0 Å². The lowest BCUT2D eigenvalue weighted by molar-refractivity contribution is -0.0366. The fourth-order valence-corrected chi connectivity index (χ4v) is 1.96. The first-order valence-corrected chi connectivity index (χ1v) is 5.13. The minimum Gasteiger partial charge on any atom is -0.391 e. The van der Waals surface area contributed by atoms with Gasteiger partial charge in [0.1, 0.15) is 0 Å². The zero-order valence-corrected chi connectivity index (χ0v) is 9.06. The smallest absolute Gasteiger partial charge is 0.261 e. The van der Waals surface area contributed by atoms with Crippen molar-refractivity contribution in [2.75, 3.05) is 13.1 Å². The van der Waals surface area contributed by atoms with Crippen LogP contribution in [0.4, 0.5) is 8.78 Å². The molecule has 1 N–H and O–H groups in total. The Kier molecular flexibility index (Phi) is 3.17. The molecule has 0 aromatic rings. The van der Waals surface area contributed by atoms with E-state index in [1.165, 1.54) is 0 Å². The number of aliphatic hydroxyl groups is 1. The Morgan fingerprint density at radius 1 is 1.57 bits per heavy atom. The number of halogens is 2. The Morgan fingerprint density at radius 3 is 2.43 bits per heavy atom. The maximum absolute atomic E-state index is 13.0. The molecule has 0 aliphatic carbocycles. The molecule has 1 heterocycles. The number of rotatable bonds is 3. The summed E-state index contributed by atoms with van der Waals surface area (Å²) in [7, 11) is 0. The molecule has 0 amide bonds. The zero-order chi connectivity index (χ0) is 11.0. The highest BCUT2D eigenvalue weighted by Crippen LogP contribution is 2.34. The third-order valence-corrected chi connectivity index (χ3v) is 3.51. The molecule has 84 valence electrons. The van der Waals surface area contributed by atoms with Crippen molar-refractivity contribution in [2.45, 2.75) is 51.2 Å². The predicted octanol–water partition coefficient (Wildman–Crippen LogP) is 1.88. The van der Waals surface area contributed by atoms with E-state index in [0.29, 0.717) is 13.0 Å². The molecule has 0 bridgehead atoms. The quantitative estimate of drug-likeness (QED) is 0.763. The summed E-state index contributed by atoms with van der Waals surface area (Å²) in [4.78, 5) is 1.71. The van der Waals surface area contributed by atoms with E-state index >= 15 is 0 Å². The summed E-state index contributed by atoms with van der Waals surface area (Å²) in [6.07, 6.45) is 0.0113. The second-order valence-electron chi connectivity index (χ2n) is 4.41. The van der Waals surface area contributed by atoms with Gasteiger partial charge in [0, 0.05) is 18.5 Å². The average Bonchev–Trinajstić information content (AvgIpc) is 2.44. The fourth-order valence-electron chi connectivity index (χ4n) is 1.96. The van der Waals surface area contributed by atoms with Gasteiger partial charge in [0.2, 0.25) is 0 Å². The van der Waals surface area contributed by atoms with Crippen LogP contribution in [0.1, 0.15) is 33.6 Å². The molecule has 1 rings (SSSR count). The van der Waals surface area contributed by atoms with Crippen molar-refractivity contribution in [1.29, 1.82) is 0 Å². The van der Waals surface area contributed by atoms with Crippen LogP contribution in [0.2, 0.25) is 0 Å². The van der Waals surface area contributed by atoms with Crippen LogP contribution in [-0.2, 0) is 0 Å². The van der Waals surface area contributed by atoms with E-state index in [-0.39, 0.29) is 13.0 Å². The summed E-state index contributed by atoms with van der Waals surface area (Å²) < 4.78 is 26.0. The lowest BCUT2D eigenvalue weighted by atomic mass is 9.91. The largest absolute Gasteiger partial charge is 0.391 e. The molecule has 0 spiro atoms. The summed E-state index contributed by atoms with van der Waals surface area (Å²) in [6.45, 7) is 5.59. The Bertz CT molecular complexity index is 208. The summed E-state index contributed by atoms with van der Waals surface area (Å²) >= 11 is 0. The number of likely N-dealkylation sites (tertiary alicyclic amines) is 1. The molecule has 2 atom stereocenters. The van der Waals surface area contributed by atoms with Crippen LogP contribution in [-0.4, -0.2) is 40.7 Å². The lowest BCUT2D eigenvalue weighted by Crippen LogP contribution is -2.52. The number of hydrogen-bond donors (Lipinski definition) is 1. The standard InChI is InChI=1S/C10H19F2NO/c1-4-9(3,8(2)14)13-6-5-10(11,12)7-13/h8,14H,4-7H2,1-3H3. The Labute approximate surface area is 83.9 Å². The number of alkyl halides is 2. The van der Waals surface area contributed by atoms with Gasteiger partial charge in [-0.15, -0.1) is 0 Å². The van der Waals surface area contributed by atoms with Gasteiger partial charge >= 0.3 is 0 Å². The summed E-state index contributed by atoms with van der Waals surface area (Å²) in [5.74, 6) is -2.58. The maximum Gasteiger partial charge on any atom is 0.261 e. The SMILES string of the molecule is CCC(C)(C(C)O)N1CCC(F)(F)C1. The van der Waals surface area contributed by atoms with Gasteiger partial charge in [0.05, 0.1) is 12.6 Å². The fraction of sp³-hybridized carbons (Fsp3) is 1.00. The molecule has 0 saturated carbocycles. The third kappa shape index (κ3) is 2.06. The molecule has 2 nitrogen and oxygen atoms in total. The summed E-state index contributed by atoms with van der Waals surface area (Å²) in [6, 6.07) is 0. The number of nitrogens with zero attached hydrogens (tertiary/aromatic N) is 1. The van der Waals surface area contributed by atoms with Crippen molar-refractivity contribution in [3.8, 4) is 0 Å². The molecule has 1 fully saturated rings. The maximum atomic E-state index is 13.0. The van der Waals surface area contributed by atoms with Gasteiger partial charge in [0.15, 0.2) is 0 Å². The van der Waals surface area contributed by atoms with Crippen LogP contribution >= 0.6 is 0 Å². The minimum absolute atomic E-state index is 0.0880. The van der Waals surface area contributed by atoms with Gasteiger partial charge in [-0.25, -0.2) is 8.78 Å². The van der Waals surface area contributed by atoms with E-state index in [1.54, 1.807) is 11.8 Å². The molecule has 14 heavy (non-hydrogen) atoms. The van der Waals surface area contributed by atoms with E-state index in [0.717, 1.165) is 0 Å². The predicted molar refractivity (Wildman–Crippen MR) is 51.5 cm³/mol. The van der Waals surface area contributed by atoms with Gasteiger partial charge in [0.25, 0.3) is 5.92 Å². The molecular weight excluding hydrogens is 188 g/mol. The van der Waals surface area contributed by atoms with Crippen molar-refractivity contribution in [2.24, 2.45) is 0 Å². The van der Waals surface area contributed by atoms with Gasteiger partial charge in [-0.05, 0) is 20.3 Å². The molecule has 1 saturated heterocycles. The monoisotopic (exact) mass is 207 g/mol. The molecule has 4 heteroatoms. The van der Waals surface area contributed by atoms with E-state index in [4.69, 9.17) is 0 Å². The van der Waals surface area contributed by atoms with E-state index in [9.17, 15) is 13.9 Å². The first-order chi connectivity index (χ1) is 6.32. The Morgan fingerprint density at radius 2 is 2.14 bits per heavy atom. The van der Waals surface area contributed by atoms with Crippen molar-refractivity contribution < 1.29 is 13.9 Å². The number of aliphatic hydroxyl groups excluding tert-OH is 1. The molecule has 0 aromatic carbocycles. The molecule has 0 aromatic heterocycles.